The van der Waals surface area contributed by atoms with Gasteiger partial charge in [0.05, 0.1) is 0 Å². The first-order chi connectivity index (χ1) is 11.0. The van der Waals surface area contributed by atoms with Gasteiger partial charge in [0.1, 0.15) is 11.6 Å². The summed E-state index contributed by atoms with van der Waals surface area (Å²) in [4.78, 5) is 34.7. The van der Waals surface area contributed by atoms with Gasteiger partial charge in [0, 0.05) is 12.0 Å². The smallest absolute Gasteiger partial charge is 0.408 e. The second kappa shape index (κ2) is 7.85. The first-order valence-electron chi connectivity index (χ1n) is 7.20. The van der Waals surface area contributed by atoms with E-state index in [0.717, 1.165) is 18.2 Å². The van der Waals surface area contributed by atoms with Crippen LogP contribution in [0, 0.1) is 11.6 Å². The summed E-state index contributed by atoms with van der Waals surface area (Å²) in [6.07, 6.45) is -1.40. The number of carbonyl (C=O) groups excluding carboxylic acids is 2. The van der Waals surface area contributed by atoms with Crippen LogP contribution in [0.1, 0.15) is 44.0 Å². The number of hydrogen-bond acceptors (Lipinski definition) is 4. The van der Waals surface area contributed by atoms with E-state index in [1.807, 2.05) is 0 Å². The zero-order chi connectivity index (χ0) is 18.5. The van der Waals surface area contributed by atoms with Gasteiger partial charge in [-0.1, -0.05) is 0 Å². The van der Waals surface area contributed by atoms with Crippen molar-refractivity contribution in [3.8, 4) is 0 Å². The molecule has 1 aromatic carbocycles. The number of benzene rings is 1. The van der Waals surface area contributed by atoms with Gasteiger partial charge < -0.3 is 15.2 Å². The molecule has 132 valence electrons. The Morgan fingerprint density at radius 3 is 2.33 bits per heavy atom. The van der Waals surface area contributed by atoms with Gasteiger partial charge in [-0.25, -0.2) is 18.4 Å². The largest absolute Gasteiger partial charge is 0.480 e. The molecule has 6 nitrogen and oxygen atoms in total. The molecule has 0 fully saturated rings. The molecule has 1 atom stereocenters. The van der Waals surface area contributed by atoms with E-state index in [1.165, 1.54) is 0 Å². The SMILES string of the molecule is CC(C)(C)OC(=O)NC(CCC(=O)c1ccc(F)c(F)c1)C(=O)O. The zero-order valence-electron chi connectivity index (χ0n) is 13.6. The number of carbonyl (C=O) groups is 3. The van der Waals surface area contributed by atoms with Crippen LogP contribution in [0.5, 0.6) is 0 Å². The highest BCUT2D eigenvalue weighted by atomic mass is 19.2. The summed E-state index contributed by atoms with van der Waals surface area (Å²) in [5.74, 6) is -4.14. The monoisotopic (exact) mass is 343 g/mol. The van der Waals surface area contributed by atoms with E-state index in [4.69, 9.17) is 9.84 Å². The molecule has 0 saturated heterocycles. The fraction of sp³-hybridized carbons (Fsp3) is 0.438. The quantitative estimate of drug-likeness (QED) is 0.775. The van der Waals surface area contributed by atoms with Crippen molar-refractivity contribution in [2.75, 3.05) is 0 Å². The minimum absolute atomic E-state index is 0.0738. The fourth-order valence-electron chi connectivity index (χ4n) is 1.80. The predicted molar refractivity (Wildman–Crippen MR) is 80.7 cm³/mol. The molecule has 0 aliphatic heterocycles. The molecular weight excluding hydrogens is 324 g/mol. The van der Waals surface area contributed by atoms with Crippen LogP contribution in [0.15, 0.2) is 18.2 Å². The Labute approximate surface area is 137 Å². The molecule has 0 aliphatic carbocycles. The van der Waals surface area contributed by atoms with Crippen LogP contribution in [-0.4, -0.2) is 34.6 Å². The normalized spacial score (nSPS) is 12.4. The highest BCUT2D eigenvalue weighted by molar-refractivity contribution is 5.96. The molecule has 0 radical (unpaired) electrons. The number of carboxylic acid groups (broad SMARTS) is 1. The Morgan fingerprint density at radius 2 is 1.83 bits per heavy atom. The van der Waals surface area contributed by atoms with Crippen molar-refractivity contribution in [3.05, 3.63) is 35.4 Å². The third-order valence-corrected chi connectivity index (χ3v) is 2.89. The van der Waals surface area contributed by atoms with E-state index in [2.05, 4.69) is 5.32 Å². The summed E-state index contributed by atoms with van der Waals surface area (Å²) in [6.45, 7) is 4.86. The number of nitrogens with one attached hydrogen (secondary N) is 1. The number of alkyl carbamates (subject to hydrolysis) is 1. The van der Waals surface area contributed by atoms with Gasteiger partial charge in [-0.3, -0.25) is 4.79 Å². The highest BCUT2D eigenvalue weighted by Crippen LogP contribution is 2.13. The van der Waals surface area contributed by atoms with Crippen LogP contribution in [0.2, 0.25) is 0 Å². The number of aliphatic carboxylic acids is 1. The van der Waals surface area contributed by atoms with E-state index in [9.17, 15) is 23.2 Å². The molecule has 0 saturated carbocycles. The van der Waals surface area contributed by atoms with Gasteiger partial charge in [-0.05, 0) is 45.4 Å². The summed E-state index contributed by atoms with van der Waals surface area (Å²) in [7, 11) is 0. The zero-order valence-corrected chi connectivity index (χ0v) is 13.6. The Morgan fingerprint density at radius 1 is 1.21 bits per heavy atom. The van der Waals surface area contributed by atoms with Crippen LogP contribution in [0.25, 0.3) is 0 Å². The molecule has 0 heterocycles. The number of amides is 1. The fourth-order valence-corrected chi connectivity index (χ4v) is 1.80. The standard InChI is InChI=1S/C16H19F2NO5/c1-16(2,3)24-15(23)19-12(14(21)22)6-7-13(20)9-4-5-10(17)11(18)8-9/h4-5,8,12H,6-7H2,1-3H3,(H,19,23)(H,21,22). The van der Waals surface area contributed by atoms with Gasteiger partial charge in [0.25, 0.3) is 0 Å². The first-order valence-corrected chi connectivity index (χ1v) is 7.20. The third kappa shape index (κ3) is 6.31. The van der Waals surface area contributed by atoms with E-state index in [1.54, 1.807) is 20.8 Å². The van der Waals surface area contributed by atoms with Crippen LogP contribution >= 0.6 is 0 Å². The number of Topliss-reactive ketones (excluding diaryl/α,β-unsaturated/α-hetero) is 1. The Balaban J connectivity index is 2.66. The van der Waals surface area contributed by atoms with E-state index in [0.29, 0.717) is 0 Å². The molecule has 8 heteroatoms. The maximum absolute atomic E-state index is 13.1. The van der Waals surface area contributed by atoms with E-state index < -0.39 is 41.1 Å². The van der Waals surface area contributed by atoms with Crippen molar-refractivity contribution in [2.24, 2.45) is 0 Å². The highest BCUT2D eigenvalue weighted by Gasteiger charge is 2.24. The van der Waals surface area contributed by atoms with Gasteiger partial charge in [-0.2, -0.15) is 0 Å². The third-order valence-electron chi connectivity index (χ3n) is 2.89. The molecule has 1 rings (SSSR count). The molecule has 0 spiro atoms. The minimum atomic E-state index is -1.34. The molecular formula is C16H19F2NO5. The summed E-state index contributed by atoms with van der Waals surface area (Å²) in [5.41, 5.74) is -0.871. The average molecular weight is 343 g/mol. The topological polar surface area (TPSA) is 92.7 Å². The summed E-state index contributed by atoms with van der Waals surface area (Å²) < 4.78 is 30.9. The van der Waals surface area contributed by atoms with E-state index in [-0.39, 0.29) is 18.4 Å². The maximum Gasteiger partial charge on any atom is 0.408 e. The van der Waals surface area contributed by atoms with Gasteiger partial charge in [0.2, 0.25) is 0 Å². The van der Waals surface area contributed by atoms with Crippen LogP contribution in [0.4, 0.5) is 13.6 Å². The number of hydrogen-bond donors (Lipinski definition) is 2. The van der Waals surface area contributed by atoms with Crippen molar-refractivity contribution in [2.45, 2.75) is 45.3 Å². The van der Waals surface area contributed by atoms with Crippen molar-refractivity contribution in [3.63, 3.8) is 0 Å². The van der Waals surface area contributed by atoms with E-state index >= 15 is 0 Å². The van der Waals surface area contributed by atoms with Gasteiger partial charge >= 0.3 is 12.1 Å². The van der Waals surface area contributed by atoms with Crippen LogP contribution < -0.4 is 5.32 Å². The number of ketones is 1. The van der Waals surface area contributed by atoms with Crippen molar-refractivity contribution in [1.82, 2.24) is 5.32 Å². The Kier molecular flexibility index (Phi) is 6.39. The van der Waals surface area contributed by atoms with Crippen molar-refractivity contribution in [1.29, 1.82) is 0 Å². The molecule has 1 unspecified atom stereocenters. The molecule has 2 N–H and O–H groups in total. The first kappa shape index (κ1) is 19.5. The summed E-state index contributed by atoms with van der Waals surface area (Å²) >= 11 is 0. The molecule has 1 aromatic rings. The second-order valence-corrected chi connectivity index (χ2v) is 6.13. The molecule has 0 aliphatic rings. The maximum atomic E-state index is 13.1. The summed E-state index contributed by atoms with van der Waals surface area (Å²) in [5, 5.41) is 11.2. The van der Waals surface area contributed by atoms with Gasteiger partial charge in [-0.15, -0.1) is 0 Å². The minimum Gasteiger partial charge on any atom is -0.480 e. The lowest BCUT2D eigenvalue weighted by Gasteiger charge is -2.21. The Hall–Kier alpha value is -2.51. The molecule has 24 heavy (non-hydrogen) atoms. The lowest BCUT2D eigenvalue weighted by atomic mass is 10.0. The average Bonchev–Trinajstić information content (AvgIpc) is 2.43. The number of halogens is 2. The van der Waals surface area contributed by atoms with Crippen molar-refractivity contribution >= 4 is 17.8 Å². The Bertz CT molecular complexity index is 640. The molecule has 0 bridgehead atoms. The van der Waals surface area contributed by atoms with Gasteiger partial charge in [0.15, 0.2) is 17.4 Å². The van der Waals surface area contributed by atoms with Crippen LogP contribution in [0.3, 0.4) is 0 Å². The molecule has 1 amide bonds. The molecule has 0 aromatic heterocycles. The predicted octanol–water partition coefficient (Wildman–Crippen LogP) is 2.91. The van der Waals surface area contributed by atoms with Crippen molar-refractivity contribution < 1.29 is 33.0 Å². The summed E-state index contributed by atoms with van der Waals surface area (Å²) in [6, 6.07) is 1.33. The number of rotatable bonds is 6. The number of carboxylic acids is 1. The lowest BCUT2D eigenvalue weighted by molar-refractivity contribution is -0.139. The number of ether oxygens (including phenoxy) is 1. The van der Waals surface area contributed by atoms with Crippen LogP contribution in [-0.2, 0) is 9.53 Å². The second-order valence-electron chi connectivity index (χ2n) is 6.13. The lowest BCUT2D eigenvalue weighted by Crippen LogP contribution is -2.43.